The van der Waals surface area contributed by atoms with Gasteiger partial charge in [0.2, 0.25) is 0 Å². The normalized spacial score (nSPS) is 11.7. The van der Waals surface area contributed by atoms with Gasteiger partial charge in [0.25, 0.3) is 5.91 Å². The summed E-state index contributed by atoms with van der Waals surface area (Å²) in [4.78, 5) is 26.3. The largest absolute Gasteiger partial charge is 0.452 e. The second-order valence-corrected chi connectivity index (χ2v) is 6.91. The SMILES string of the molecule is CCN(Cc1cccc(F)c1)C(=O)COC(=O)c1ccccc1[S@](C)=O. The van der Waals surface area contributed by atoms with Crippen molar-refractivity contribution in [3.63, 3.8) is 0 Å². The highest BCUT2D eigenvalue weighted by Gasteiger charge is 2.18. The van der Waals surface area contributed by atoms with Crippen LogP contribution in [0.5, 0.6) is 0 Å². The standard InChI is InChI=1S/C19H20FNO4S/c1-3-21(12-14-7-6-8-15(20)11-14)18(22)13-25-19(23)16-9-4-5-10-17(16)26(2)24/h4-11H,3,12-13H2,1-2H3/t26-/m0/s1. The van der Waals surface area contributed by atoms with Crippen molar-refractivity contribution in [3.05, 3.63) is 65.5 Å². The zero-order chi connectivity index (χ0) is 19.1. The van der Waals surface area contributed by atoms with Crippen LogP contribution in [-0.4, -0.2) is 40.4 Å². The molecule has 0 heterocycles. The first-order chi connectivity index (χ1) is 12.4. The molecule has 2 rings (SSSR count). The minimum atomic E-state index is -1.35. The Balaban J connectivity index is 2.00. The predicted octanol–water partition coefficient (Wildman–Crippen LogP) is 2.77. The van der Waals surface area contributed by atoms with Crippen LogP contribution in [0.15, 0.2) is 53.4 Å². The highest BCUT2D eigenvalue weighted by atomic mass is 32.2. The molecule has 2 aromatic rings. The second-order valence-electron chi connectivity index (χ2n) is 5.56. The molecule has 138 valence electrons. The molecule has 0 bridgehead atoms. The molecule has 0 spiro atoms. The average Bonchev–Trinajstić information content (AvgIpc) is 2.63. The van der Waals surface area contributed by atoms with E-state index in [0.29, 0.717) is 17.0 Å². The third-order valence-electron chi connectivity index (χ3n) is 3.74. The Hall–Kier alpha value is -2.54. The summed E-state index contributed by atoms with van der Waals surface area (Å²) in [6.45, 7) is 1.96. The summed E-state index contributed by atoms with van der Waals surface area (Å²) in [6, 6.07) is 12.4. The Kier molecular flexibility index (Phi) is 7.03. The van der Waals surface area contributed by atoms with Crippen molar-refractivity contribution >= 4 is 22.7 Å². The topological polar surface area (TPSA) is 63.7 Å². The van der Waals surface area contributed by atoms with Crippen molar-refractivity contribution in [3.8, 4) is 0 Å². The Morgan fingerprint density at radius 3 is 2.54 bits per heavy atom. The molecule has 0 saturated heterocycles. The van der Waals surface area contributed by atoms with Crippen molar-refractivity contribution < 1.29 is 22.9 Å². The summed E-state index contributed by atoms with van der Waals surface area (Å²) in [5.74, 6) is -1.47. The van der Waals surface area contributed by atoms with Gasteiger partial charge in [-0.1, -0.05) is 24.3 Å². The van der Waals surface area contributed by atoms with Gasteiger partial charge in [-0.15, -0.1) is 0 Å². The van der Waals surface area contributed by atoms with Gasteiger partial charge in [0.05, 0.1) is 21.3 Å². The van der Waals surface area contributed by atoms with Crippen LogP contribution in [0.25, 0.3) is 0 Å². The zero-order valence-electron chi connectivity index (χ0n) is 14.6. The number of hydrogen-bond acceptors (Lipinski definition) is 4. The van der Waals surface area contributed by atoms with E-state index in [0.717, 1.165) is 0 Å². The Morgan fingerprint density at radius 2 is 1.88 bits per heavy atom. The molecule has 1 atom stereocenters. The van der Waals surface area contributed by atoms with Gasteiger partial charge >= 0.3 is 5.97 Å². The number of nitrogens with zero attached hydrogens (tertiary/aromatic N) is 1. The smallest absolute Gasteiger partial charge is 0.339 e. The number of carbonyl (C=O) groups is 2. The number of benzene rings is 2. The first-order valence-corrected chi connectivity index (χ1v) is 9.60. The Morgan fingerprint density at radius 1 is 1.15 bits per heavy atom. The van der Waals surface area contributed by atoms with Gasteiger partial charge in [0.1, 0.15) is 5.82 Å². The maximum atomic E-state index is 13.3. The van der Waals surface area contributed by atoms with Gasteiger partial charge in [-0.3, -0.25) is 9.00 Å². The molecule has 0 N–H and O–H groups in total. The van der Waals surface area contributed by atoms with E-state index in [-0.39, 0.29) is 23.8 Å². The lowest BCUT2D eigenvalue weighted by molar-refractivity contribution is -0.134. The molecule has 0 radical (unpaired) electrons. The highest BCUT2D eigenvalue weighted by Crippen LogP contribution is 2.14. The van der Waals surface area contributed by atoms with Crippen LogP contribution in [-0.2, 0) is 26.9 Å². The molecule has 0 aliphatic carbocycles. The lowest BCUT2D eigenvalue weighted by atomic mass is 10.2. The molecule has 0 aliphatic rings. The monoisotopic (exact) mass is 377 g/mol. The maximum Gasteiger partial charge on any atom is 0.339 e. The van der Waals surface area contributed by atoms with Gasteiger partial charge < -0.3 is 9.64 Å². The van der Waals surface area contributed by atoms with E-state index < -0.39 is 23.4 Å². The van der Waals surface area contributed by atoms with Crippen LogP contribution in [0.1, 0.15) is 22.8 Å². The van der Waals surface area contributed by atoms with E-state index >= 15 is 0 Å². The van der Waals surface area contributed by atoms with Gasteiger partial charge in [0, 0.05) is 19.3 Å². The molecular formula is C19H20FNO4S. The number of ether oxygens (including phenoxy) is 1. The summed E-state index contributed by atoms with van der Waals surface area (Å²) in [5.41, 5.74) is 0.826. The molecule has 5 nitrogen and oxygen atoms in total. The molecule has 0 saturated carbocycles. The van der Waals surface area contributed by atoms with Crippen molar-refractivity contribution in [2.45, 2.75) is 18.4 Å². The molecule has 0 aromatic heterocycles. The van der Waals surface area contributed by atoms with Crippen LogP contribution in [0.2, 0.25) is 0 Å². The Bertz CT molecular complexity index is 825. The fraction of sp³-hybridized carbons (Fsp3) is 0.263. The number of rotatable bonds is 7. The van der Waals surface area contributed by atoms with Gasteiger partial charge in [-0.2, -0.15) is 0 Å². The molecular weight excluding hydrogens is 357 g/mol. The zero-order valence-corrected chi connectivity index (χ0v) is 15.4. The molecule has 0 unspecified atom stereocenters. The summed E-state index contributed by atoms with van der Waals surface area (Å²) >= 11 is 0. The van der Waals surface area contributed by atoms with Crippen LogP contribution < -0.4 is 0 Å². The number of carbonyl (C=O) groups excluding carboxylic acids is 2. The van der Waals surface area contributed by atoms with E-state index in [1.54, 1.807) is 37.3 Å². The number of amides is 1. The fourth-order valence-corrected chi connectivity index (χ4v) is 3.15. The van der Waals surface area contributed by atoms with E-state index in [2.05, 4.69) is 0 Å². The maximum absolute atomic E-state index is 13.3. The number of likely N-dealkylation sites (N-methyl/N-ethyl adjacent to an activating group) is 1. The van der Waals surface area contributed by atoms with Crippen LogP contribution in [0.4, 0.5) is 4.39 Å². The quantitative estimate of drug-likeness (QED) is 0.696. The lowest BCUT2D eigenvalue weighted by Crippen LogP contribution is -2.34. The lowest BCUT2D eigenvalue weighted by Gasteiger charge is -2.21. The minimum Gasteiger partial charge on any atom is -0.452 e. The Labute approximate surface area is 154 Å². The third kappa shape index (κ3) is 5.23. The molecule has 0 aliphatic heterocycles. The minimum absolute atomic E-state index is 0.175. The van der Waals surface area contributed by atoms with Crippen molar-refractivity contribution in [1.82, 2.24) is 4.90 Å². The third-order valence-corrected chi connectivity index (χ3v) is 4.72. The van der Waals surface area contributed by atoms with Crippen molar-refractivity contribution in [2.24, 2.45) is 0 Å². The predicted molar refractivity (Wildman–Crippen MR) is 96.5 cm³/mol. The van der Waals surface area contributed by atoms with Crippen LogP contribution in [0.3, 0.4) is 0 Å². The summed E-state index contributed by atoms with van der Waals surface area (Å²) in [6.07, 6.45) is 1.47. The van der Waals surface area contributed by atoms with E-state index in [9.17, 15) is 18.2 Å². The molecule has 1 amide bonds. The highest BCUT2D eigenvalue weighted by molar-refractivity contribution is 7.84. The van der Waals surface area contributed by atoms with Gasteiger partial charge in [0.15, 0.2) is 6.61 Å². The van der Waals surface area contributed by atoms with E-state index in [1.165, 1.54) is 29.4 Å². The molecule has 7 heteroatoms. The van der Waals surface area contributed by atoms with E-state index in [1.807, 2.05) is 0 Å². The van der Waals surface area contributed by atoms with E-state index in [4.69, 9.17) is 4.74 Å². The second kappa shape index (κ2) is 9.24. The number of esters is 1. The molecule has 26 heavy (non-hydrogen) atoms. The number of halogens is 1. The van der Waals surface area contributed by atoms with Crippen molar-refractivity contribution in [1.29, 1.82) is 0 Å². The first kappa shape index (κ1) is 19.8. The van der Waals surface area contributed by atoms with Gasteiger partial charge in [-0.25, -0.2) is 9.18 Å². The molecule has 0 fully saturated rings. The van der Waals surface area contributed by atoms with Crippen LogP contribution >= 0.6 is 0 Å². The summed E-state index contributed by atoms with van der Waals surface area (Å²) in [7, 11) is -1.35. The van der Waals surface area contributed by atoms with Crippen LogP contribution in [0, 0.1) is 5.82 Å². The summed E-state index contributed by atoms with van der Waals surface area (Å²) < 4.78 is 30.0. The number of hydrogen-bond donors (Lipinski definition) is 0. The molecule has 2 aromatic carbocycles. The fourth-order valence-electron chi connectivity index (χ4n) is 2.41. The summed E-state index contributed by atoms with van der Waals surface area (Å²) in [5, 5.41) is 0. The van der Waals surface area contributed by atoms with Crippen molar-refractivity contribution in [2.75, 3.05) is 19.4 Å². The van der Waals surface area contributed by atoms with Gasteiger partial charge in [-0.05, 0) is 36.8 Å². The average molecular weight is 377 g/mol. The first-order valence-electron chi connectivity index (χ1n) is 8.04.